The summed E-state index contributed by atoms with van der Waals surface area (Å²) in [6.45, 7) is 5.44. The minimum absolute atomic E-state index is 0.210. The molecule has 0 bridgehead atoms. The molecule has 1 heterocycles. The molecule has 1 aliphatic heterocycles. The van der Waals surface area contributed by atoms with Crippen molar-refractivity contribution in [1.29, 1.82) is 0 Å². The third-order valence-electron chi connectivity index (χ3n) is 5.35. The van der Waals surface area contributed by atoms with Crippen LogP contribution < -0.4 is 0 Å². The lowest BCUT2D eigenvalue weighted by Gasteiger charge is -2.35. The second-order valence-corrected chi connectivity index (χ2v) is 6.97. The van der Waals surface area contributed by atoms with Crippen LogP contribution in [0.1, 0.15) is 39.0 Å². The van der Waals surface area contributed by atoms with E-state index in [1.807, 2.05) is 11.9 Å². The first-order chi connectivity index (χ1) is 9.47. The van der Waals surface area contributed by atoms with Gasteiger partial charge in [-0.05, 0) is 58.7 Å². The highest BCUT2D eigenvalue weighted by Crippen LogP contribution is 2.29. The van der Waals surface area contributed by atoms with Crippen molar-refractivity contribution in [2.45, 2.75) is 51.1 Å². The first kappa shape index (κ1) is 15.8. The molecule has 0 aromatic carbocycles. The van der Waals surface area contributed by atoms with E-state index in [9.17, 15) is 4.79 Å². The lowest BCUT2D eigenvalue weighted by molar-refractivity contribution is -0.130. The molecule has 0 radical (unpaired) electrons. The summed E-state index contributed by atoms with van der Waals surface area (Å²) in [5.74, 6) is 1.05. The third kappa shape index (κ3) is 3.95. The van der Waals surface area contributed by atoms with E-state index in [-0.39, 0.29) is 5.91 Å². The van der Waals surface area contributed by atoms with Crippen LogP contribution in [-0.2, 0) is 4.79 Å². The molecule has 20 heavy (non-hydrogen) atoms. The molecule has 0 aromatic rings. The minimum atomic E-state index is 0.210. The highest BCUT2D eigenvalue weighted by atomic mass is 16.2. The summed E-state index contributed by atoms with van der Waals surface area (Å²) >= 11 is 0. The molecule has 1 saturated heterocycles. The highest BCUT2D eigenvalue weighted by molar-refractivity contribution is 5.73. The zero-order chi connectivity index (χ0) is 14.7. The summed E-state index contributed by atoms with van der Waals surface area (Å²) in [5, 5.41) is 0. The van der Waals surface area contributed by atoms with Crippen molar-refractivity contribution < 1.29 is 4.79 Å². The molecule has 0 N–H and O–H groups in total. The highest BCUT2D eigenvalue weighted by Gasteiger charge is 2.29. The van der Waals surface area contributed by atoms with Gasteiger partial charge in [-0.3, -0.25) is 4.79 Å². The van der Waals surface area contributed by atoms with Crippen LogP contribution in [0.2, 0.25) is 0 Å². The molecular weight excluding hydrogens is 250 g/mol. The Kier molecular flexibility index (Phi) is 5.44. The molecule has 0 spiro atoms. The topological polar surface area (TPSA) is 26.8 Å². The van der Waals surface area contributed by atoms with Gasteiger partial charge in [0.05, 0.1) is 0 Å². The molecule has 1 amide bonds. The van der Waals surface area contributed by atoms with Crippen LogP contribution >= 0.6 is 0 Å². The molecule has 2 fully saturated rings. The summed E-state index contributed by atoms with van der Waals surface area (Å²) in [6.07, 6.45) is 6.25. The quantitative estimate of drug-likeness (QED) is 0.784. The first-order valence-electron chi connectivity index (χ1n) is 8.09. The van der Waals surface area contributed by atoms with E-state index in [2.05, 4.69) is 23.9 Å². The monoisotopic (exact) mass is 281 g/mol. The number of nitrogens with zero attached hydrogens (tertiary/aromatic N) is 3. The van der Waals surface area contributed by atoms with Crippen molar-refractivity contribution in [2.24, 2.45) is 5.92 Å². The van der Waals surface area contributed by atoms with Crippen LogP contribution in [0.15, 0.2) is 0 Å². The van der Waals surface area contributed by atoms with Gasteiger partial charge in [-0.25, -0.2) is 0 Å². The van der Waals surface area contributed by atoms with E-state index >= 15 is 0 Å². The largest absolute Gasteiger partial charge is 0.343 e. The Morgan fingerprint density at radius 3 is 2.20 bits per heavy atom. The second kappa shape index (κ2) is 6.90. The number of likely N-dealkylation sites (tertiary alicyclic amines) is 1. The molecular formula is C16H31N3O. The summed E-state index contributed by atoms with van der Waals surface area (Å²) in [7, 11) is 6.34. The fourth-order valence-corrected chi connectivity index (χ4v) is 3.74. The summed E-state index contributed by atoms with van der Waals surface area (Å²) in [4.78, 5) is 18.4. The minimum Gasteiger partial charge on any atom is -0.343 e. The van der Waals surface area contributed by atoms with E-state index in [1.165, 1.54) is 51.7 Å². The summed E-state index contributed by atoms with van der Waals surface area (Å²) in [5.41, 5.74) is 0. The standard InChI is InChI=1S/C16H31N3O/c1-13(20)18(4)15-7-5-14(6-8-15)11-19-10-9-16(12-19)17(2)3/h14-16H,5-12H2,1-4H3/t14-,15+,16?. The fourth-order valence-electron chi connectivity index (χ4n) is 3.74. The number of rotatable bonds is 4. The Morgan fingerprint density at radius 1 is 1.05 bits per heavy atom. The summed E-state index contributed by atoms with van der Waals surface area (Å²) < 4.78 is 0. The van der Waals surface area contributed by atoms with E-state index in [4.69, 9.17) is 0 Å². The molecule has 0 aromatic heterocycles. The lowest BCUT2D eigenvalue weighted by Crippen LogP contribution is -2.40. The van der Waals surface area contributed by atoms with Crippen molar-refractivity contribution in [3.8, 4) is 0 Å². The predicted octanol–water partition coefficient (Wildman–Crippen LogP) is 1.66. The smallest absolute Gasteiger partial charge is 0.219 e. The average Bonchev–Trinajstić information content (AvgIpc) is 2.87. The van der Waals surface area contributed by atoms with Crippen molar-refractivity contribution in [1.82, 2.24) is 14.7 Å². The third-order valence-corrected chi connectivity index (χ3v) is 5.35. The number of likely N-dealkylation sites (N-methyl/N-ethyl adjacent to an activating group) is 1. The number of carbonyl (C=O) groups is 1. The maximum absolute atomic E-state index is 11.4. The van der Waals surface area contributed by atoms with Gasteiger partial charge in [-0.15, -0.1) is 0 Å². The normalized spacial score (nSPS) is 31.8. The Labute approximate surface area is 124 Å². The molecule has 4 nitrogen and oxygen atoms in total. The Hall–Kier alpha value is -0.610. The van der Waals surface area contributed by atoms with Gasteiger partial charge in [0.25, 0.3) is 0 Å². The first-order valence-corrected chi connectivity index (χ1v) is 8.09. The maximum atomic E-state index is 11.4. The van der Waals surface area contributed by atoms with Crippen molar-refractivity contribution in [3.05, 3.63) is 0 Å². The van der Waals surface area contributed by atoms with Crippen LogP contribution in [-0.4, -0.2) is 73.5 Å². The van der Waals surface area contributed by atoms with Gasteiger partial charge < -0.3 is 14.7 Å². The van der Waals surface area contributed by atoms with Crippen molar-refractivity contribution in [2.75, 3.05) is 40.8 Å². The fraction of sp³-hybridized carbons (Fsp3) is 0.938. The van der Waals surface area contributed by atoms with Gasteiger partial charge in [0.2, 0.25) is 5.91 Å². The maximum Gasteiger partial charge on any atom is 0.219 e. The number of amides is 1. The molecule has 2 rings (SSSR count). The van der Waals surface area contributed by atoms with Crippen LogP contribution in [0.25, 0.3) is 0 Å². The molecule has 2 aliphatic rings. The van der Waals surface area contributed by atoms with Crippen LogP contribution in [0.5, 0.6) is 0 Å². The predicted molar refractivity (Wildman–Crippen MR) is 82.7 cm³/mol. The lowest BCUT2D eigenvalue weighted by atomic mass is 9.85. The molecule has 1 unspecified atom stereocenters. The van der Waals surface area contributed by atoms with Gasteiger partial charge in [0.1, 0.15) is 0 Å². The molecule has 1 saturated carbocycles. The number of carbonyl (C=O) groups excluding carboxylic acids is 1. The SMILES string of the molecule is CC(=O)N(C)[C@H]1CC[C@@H](CN2CCC(N(C)C)C2)CC1. The van der Waals surface area contributed by atoms with Crippen LogP contribution in [0.4, 0.5) is 0 Å². The van der Waals surface area contributed by atoms with E-state index in [0.29, 0.717) is 6.04 Å². The van der Waals surface area contributed by atoms with Crippen molar-refractivity contribution in [3.63, 3.8) is 0 Å². The van der Waals surface area contributed by atoms with E-state index in [0.717, 1.165) is 12.0 Å². The van der Waals surface area contributed by atoms with E-state index < -0.39 is 0 Å². The zero-order valence-electron chi connectivity index (χ0n) is 13.6. The van der Waals surface area contributed by atoms with Crippen molar-refractivity contribution >= 4 is 5.91 Å². The Morgan fingerprint density at radius 2 is 1.70 bits per heavy atom. The average molecular weight is 281 g/mol. The van der Waals surface area contributed by atoms with Gasteiger partial charge >= 0.3 is 0 Å². The molecule has 1 atom stereocenters. The number of hydrogen-bond acceptors (Lipinski definition) is 3. The van der Waals surface area contributed by atoms with Crippen LogP contribution in [0.3, 0.4) is 0 Å². The molecule has 4 heteroatoms. The Bertz CT molecular complexity index is 324. The van der Waals surface area contributed by atoms with Gasteiger partial charge in [-0.1, -0.05) is 0 Å². The zero-order valence-corrected chi connectivity index (χ0v) is 13.6. The second-order valence-electron chi connectivity index (χ2n) is 6.97. The number of hydrogen-bond donors (Lipinski definition) is 0. The van der Waals surface area contributed by atoms with Gasteiger partial charge in [-0.2, -0.15) is 0 Å². The molecule has 1 aliphatic carbocycles. The Balaban J connectivity index is 1.71. The van der Waals surface area contributed by atoms with E-state index in [1.54, 1.807) is 6.92 Å². The van der Waals surface area contributed by atoms with Gasteiger partial charge in [0.15, 0.2) is 0 Å². The summed E-state index contributed by atoms with van der Waals surface area (Å²) in [6, 6.07) is 1.23. The molecule has 116 valence electrons. The van der Waals surface area contributed by atoms with Gasteiger partial charge in [0, 0.05) is 39.1 Å². The van der Waals surface area contributed by atoms with Crippen LogP contribution in [0, 0.1) is 5.92 Å².